The van der Waals surface area contributed by atoms with Crippen molar-refractivity contribution in [3.8, 4) is 0 Å². The summed E-state index contributed by atoms with van der Waals surface area (Å²) in [5, 5.41) is 3.00. The predicted molar refractivity (Wildman–Crippen MR) is 43.9 cm³/mol. The molecule has 1 fully saturated rings. The number of aromatic nitrogens is 2. The number of H-pyrrole nitrogens is 1. The predicted octanol–water partition coefficient (Wildman–Crippen LogP) is 1.42. The van der Waals surface area contributed by atoms with E-state index in [9.17, 15) is 13.2 Å². The Morgan fingerprint density at radius 1 is 1.36 bits per heavy atom. The quantitative estimate of drug-likeness (QED) is 0.728. The second kappa shape index (κ2) is 2.98. The Bertz CT molecular complexity index is 338. The standard InChI is InChI=1S/C8H10F3N3/c1-4-6(5-2-12-3-5)14-7(13-4)8(9,10)11/h5,12H,2-3H2,1H3,(H,13,14). The number of hydrogen-bond donors (Lipinski definition) is 2. The highest BCUT2D eigenvalue weighted by Gasteiger charge is 2.36. The topological polar surface area (TPSA) is 40.7 Å². The van der Waals surface area contributed by atoms with Crippen molar-refractivity contribution in [3.05, 3.63) is 17.2 Å². The second-order valence-electron chi connectivity index (χ2n) is 3.45. The minimum atomic E-state index is -4.37. The smallest absolute Gasteiger partial charge is 0.338 e. The maximum absolute atomic E-state index is 12.3. The summed E-state index contributed by atoms with van der Waals surface area (Å²) in [6, 6.07) is 0. The number of alkyl halides is 3. The molecule has 2 heterocycles. The first-order valence-corrected chi connectivity index (χ1v) is 4.33. The lowest BCUT2D eigenvalue weighted by Crippen LogP contribution is -2.40. The van der Waals surface area contributed by atoms with Crippen LogP contribution in [-0.4, -0.2) is 23.1 Å². The second-order valence-corrected chi connectivity index (χ2v) is 3.45. The fraction of sp³-hybridized carbons (Fsp3) is 0.625. The van der Waals surface area contributed by atoms with Crippen LogP contribution in [0, 0.1) is 6.92 Å². The largest absolute Gasteiger partial charge is 0.449 e. The molecule has 0 bridgehead atoms. The third-order valence-corrected chi connectivity index (χ3v) is 2.36. The van der Waals surface area contributed by atoms with E-state index in [0.29, 0.717) is 24.5 Å². The molecular formula is C8H10F3N3. The molecule has 0 spiro atoms. The van der Waals surface area contributed by atoms with Gasteiger partial charge in [0.15, 0.2) is 0 Å². The first-order valence-electron chi connectivity index (χ1n) is 4.33. The van der Waals surface area contributed by atoms with Gasteiger partial charge in [0.25, 0.3) is 0 Å². The molecule has 78 valence electrons. The number of aromatic amines is 1. The van der Waals surface area contributed by atoms with Crippen LogP contribution in [0.15, 0.2) is 0 Å². The molecule has 6 heteroatoms. The molecule has 1 saturated heterocycles. The van der Waals surface area contributed by atoms with Gasteiger partial charge in [-0.25, -0.2) is 4.98 Å². The van der Waals surface area contributed by atoms with Crippen molar-refractivity contribution in [3.63, 3.8) is 0 Å². The SMILES string of the molecule is Cc1[nH]c(C(F)(F)F)nc1C1CNC1. The van der Waals surface area contributed by atoms with Gasteiger partial charge in [-0.2, -0.15) is 13.2 Å². The minimum Gasteiger partial charge on any atom is -0.338 e. The fourth-order valence-corrected chi connectivity index (χ4v) is 1.49. The van der Waals surface area contributed by atoms with Gasteiger partial charge in [-0.3, -0.25) is 0 Å². The summed E-state index contributed by atoms with van der Waals surface area (Å²) in [5.41, 5.74) is 1.06. The van der Waals surface area contributed by atoms with Crippen molar-refractivity contribution in [2.75, 3.05) is 13.1 Å². The van der Waals surface area contributed by atoms with Crippen molar-refractivity contribution in [1.29, 1.82) is 0 Å². The van der Waals surface area contributed by atoms with Crippen molar-refractivity contribution in [2.45, 2.75) is 19.0 Å². The van der Waals surface area contributed by atoms with Gasteiger partial charge in [-0.05, 0) is 6.92 Å². The van der Waals surface area contributed by atoms with Gasteiger partial charge in [0.05, 0.1) is 5.69 Å². The molecule has 1 aromatic heterocycles. The molecule has 1 aliphatic rings. The lowest BCUT2D eigenvalue weighted by atomic mass is 9.98. The molecule has 2 rings (SSSR count). The van der Waals surface area contributed by atoms with Gasteiger partial charge in [-0.15, -0.1) is 0 Å². The highest BCUT2D eigenvalue weighted by atomic mass is 19.4. The summed E-state index contributed by atoms with van der Waals surface area (Å²) < 4.78 is 36.8. The van der Waals surface area contributed by atoms with E-state index in [0.717, 1.165) is 0 Å². The van der Waals surface area contributed by atoms with E-state index >= 15 is 0 Å². The molecular weight excluding hydrogens is 195 g/mol. The van der Waals surface area contributed by atoms with Crippen LogP contribution in [0.3, 0.4) is 0 Å². The van der Waals surface area contributed by atoms with Crippen molar-refractivity contribution < 1.29 is 13.2 Å². The monoisotopic (exact) mass is 205 g/mol. The molecule has 0 saturated carbocycles. The number of hydrogen-bond acceptors (Lipinski definition) is 2. The Balaban J connectivity index is 2.29. The molecule has 0 aliphatic carbocycles. The summed E-state index contributed by atoms with van der Waals surface area (Å²) in [4.78, 5) is 5.85. The first-order chi connectivity index (χ1) is 6.48. The van der Waals surface area contributed by atoms with Crippen LogP contribution in [0.4, 0.5) is 13.2 Å². The Morgan fingerprint density at radius 2 is 2.00 bits per heavy atom. The van der Waals surface area contributed by atoms with Crippen LogP contribution in [-0.2, 0) is 6.18 Å². The highest BCUT2D eigenvalue weighted by Crippen LogP contribution is 2.30. The first kappa shape index (κ1) is 9.51. The molecule has 1 aromatic rings. The maximum Gasteiger partial charge on any atom is 0.449 e. The maximum atomic E-state index is 12.3. The van der Waals surface area contributed by atoms with E-state index in [2.05, 4.69) is 15.3 Å². The molecule has 2 N–H and O–H groups in total. The van der Waals surface area contributed by atoms with E-state index < -0.39 is 12.0 Å². The molecule has 0 amide bonds. The zero-order valence-corrected chi connectivity index (χ0v) is 7.57. The molecule has 0 radical (unpaired) electrons. The van der Waals surface area contributed by atoms with E-state index in [1.165, 1.54) is 0 Å². The van der Waals surface area contributed by atoms with Gasteiger partial charge in [-0.1, -0.05) is 0 Å². The van der Waals surface area contributed by atoms with Crippen molar-refractivity contribution >= 4 is 0 Å². The summed E-state index contributed by atoms with van der Waals surface area (Å²) in [7, 11) is 0. The molecule has 0 aromatic carbocycles. The van der Waals surface area contributed by atoms with E-state index in [1.807, 2.05) is 0 Å². The Morgan fingerprint density at radius 3 is 2.36 bits per heavy atom. The fourth-order valence-electron chi connectivity index (χ4n) is 1.49. The number of halogens is 3. The lowest BCUT2D eigenvalue weighted by Gasteiger charge is -2.25. The van der Waals surface area contributed by atoms with Crippen LogP contribution in [0.1, 0.15) is 23.1 Å². The zero-order valence-electron chi connectivity index (χ0n) is 7.57. The van der Waals surface area contributed by atoms with Gasteiger partial charge in [0, 0.05) is 24.7 Å². The van der Waals surface area contributed by atoms with Crippen molar-refractivity contribution in [1.82, 2.24) is 15.3 Å². The number of rotatable bonds is 1. The van der Waals surface area contributed by atoms with Gasteiger partial charge in [0.1, 0.15) is 0 Å². The van der Waals surface area contributed by atoms with Gasteiger partial charge in [0.2, 0.25) is 5.82 Å². The molecule has 1 aliphatic heterocycles. The number of imidazole rings is 1. The van der Waals surface area contributed by atoms with E-state index in [4.69, 9.17) is 0 Å². The van der Waals surface area contributed by atoms with Crippen LogP contribution < -0.4 is 5.32 Å². The Hall–Kier alpha value is -1.04. The minimum absolute atomic E-state index is 0.127. The van der Waals surface area contributed by atoms with E-state index in [1.54, 1.807) is 6.92 Å². The summed E-state index contributed by atoms with van der Waals surface area (Å²) in [5.74, 6) is -0.765. The molecule has 14 heavy (non-hydrogen) atoms. The summed E-state index contributed by atoms with van der Waals surface area (Å²) >= 11 is 0. The normalized spacial score (nSPS) is 18.3. The Kier molecular flexibility index (Phi) is 2.02. The van der Waals surface area contributed by atoms with Crippen LogP contribution in [0.2, 0.25) is 0 Å². The van der Waals surface area contributed by atoms with Crippen LogP contribution >= 0.6 is 0 Å². The van der Waals surface area contributed by atoms with Crippen molar-refractivity contribution in [2.24, 2.45) is 0 Å². The average molecular weight is 205 g/mol. The van der Waals surface area contributed by atoms with Gasteiger partial charge >= 0.3 is 6.18 Å². The average Bonchev–Trinajstić information content (AvgIpc) is 2.28. The lowest BCUT2D eigenvalue weighted by molar-refractivity contribution is -0.144. The number of aryl methyl sites for hydroxylation is 1. The Labute approximate surface area is 78.7 Å². The summed E-state index contributed by atoms with van der Waals surface area (Å²) in [6.07, 6.45) is -4.37. The highest BCUT2D eigenvalue weighted by molar-refractivity contribution is 5.21. The number of nitrogens with one attached hydrogen (secondary N) is 2. The van der Waals surface area contributed by atoms with E-state index in [-0.39, 0.29) is 5.92 Å². The summed E-state index contributed by atoms with van der Waals surface area (Å²) in [6.45, 7) is 3.04. The third kappa shape index (κ3) is 1.50. The molecule has 3 nitrogen and oxygen atoms in total. The van der Waals surface area contributed by atoms with Crippen LogP contribution in [0.25, 0.3) is 0 Å². The number of nitrogens with zero attached hydrogens (tertiary/aromatic N) is 1. The van der Waals surface area contributed by atoms with Gasteiger partial charge < -0.3 is 10.3 Å². The molecule has 0 atom stereocenters. The molecule has 0 unspecified atom stereocenters. The third-order valence-electron chi connectivity index (χ3n) is 2.36. The van der Waals surface area contributed by atoms with Crippen LogP contribution in [0.5, 0.6) is 0 Å². The zero-order chi connectivity index (χ0) is 10.3.